The number of anilines is 1. The van der Waals surface area contributed by atoms with Crippen molar-refractivity contribution < 1.29 is 4.74 Å². The lowest BCUT2D eigenvalue weighted by molar-refractivity contribution is 0.414. The van der Waals surface area contributed by atoms with Gasteiger partial charge in [0, 0.05) is 12.2 Å². The Bertz CT molecular complexity index is 638. The Balaban J connectivity index is 1.78. The Kier molecular flexibility index (Phi) is 5.78. The van der Waals surface area contributed by atoms with Gasteiger partial charge in [-0.25, -0.2) is 0 Å². The molecule has 2 aromatic rings. The molecule has 22 heavy (non-hydrogen) atoms. The molecule has 2 aromatic carbocycles. The second kappa shape index (κ2) is 7.80. The Morgan fingerprint density at radius 2 is 1.77 bits per heavy atom. The lowest BCUT2D eigenvalue weighted by atomic mass is 10.1. The van der Waals surface area contributed by atoms with Crippen molar-refractivity contribution in [3.05, 3.63) is 59.2 Å². The van der Waals surface area contributed by atoms with E-state index in [1.54, 1.807) is 7.11 Å². The molecule has 0 bridgehead atoms. The highest BCUT2D eigenvalue weighted by Gasteiger charge is 2.00. The van der Waals surface area contributed by atoms with Gasteiger partial charge >= 0.3 is 0 Å². The SMILES string of the molecule is COc1ccc(CCNC(=S)Nc2ccc(C)c(C)c2)cc1. The summed E-state index contributed by atoms with van der Waals surface area (Å²) < 4.78 is 5.15. The molecular weight excluding hydrogens is 292 g/mol. The fraction of sp³-hybridized carbons (Fsp3) is 0.278. The van der Waals surface area contributed by atoms with Gasteiger partial charge < -0.3 is 15.4 Å². The van der Waals surface area contributed by atoms with E-state index in [0.717, 1.165) is 24.4 Å². The summed E-state index contributed by atoms with van der Waals surface area (Å²) in [6.45, 7) is 4.99. The molecule has 0 aromatic heterocycles. The third-order valence-corrected chi connectivity index (χ3v) is 3.87. The molecule has 0 aliphatic carbocycles. The second-order valence-corrected chi connectivity index (χ2v) is 5.69. The molecule has 0 atom stereocenters. The zero-order valence-electron chi connectivity index (χ0n) is 13.3. The average Bonchev–Trinajstić information content (AvgIpc) is 2.51. The number of methoxy groups -OCH3 is 1. The number of hydrogen-bond acceptors (Lipinski definition) is 2. The van der Waals surface area contributed by atoms with E-state index >= 15 is 0 Å². The summed E-state index contributed by atoms with van der Waals surface area (Å²) in [5.74, 6) is 0.878. The molecule has 116 valence electrons. The predicted octanol–water partition coefficient (Wildman–Crippen LogP) is 3.84. The molecule has 0 radical (unpaired) electrons. The first-order valence-corrected chi connectivity index (χ1v) is 7.74. The Morgan fingerprint density at radius 1 is 1.05 bits per heavy atom. The van der Waals surface area contributed by atoms with Gasteiger partial charge in [0.25, 0.3) is 0 Å². The summed E-state index contributed by atoms with van der Waals surface area (Å²) in [5.41, 5.74) is 4.81. The van der Waals surface area contributed by atoms with Gasteiger partial charge in [0.2, 0.25) is 0 Å². The Hall–Kier alpha value is -2.07. The van der Waals surface area contributed by atoms with Crippen molar-refractivity contribution in [2.45, 2.75) is 20.3 Å². The van der Waals surface area contributed by atoms with Crippen molar-refractivity contribution in [1.29, 1.82) is 0 Å². The number of nitrogens with one attached hydrogen (secondary N) is 2. The number of rotatable bonds is 5. The average molecular weight is 314 g/mol. The van der Waals surface area contributed by atoms with Crippen LogP contribution in [0.3, 0.4) is 0 Å². The van der Waals surface area contributed by atoms with Gasteiger partial charge in [0.05, 0.1) is 7.11 Å². The van der Waals surface area contributed by atoms with E-state index in [4.69, 9.17) is 17.0 Å². The number of aryl methyl sites for hydroxylation is 2. The highest BCUT2D eigenvalue weighted by atomic mass is 32.1. The first kappa shape index (κ1) is 16.3. The molecule has 3 nitrogen and oxygen atoms in total. The summed E-state index contributed by atoms with van der Waals surface area (Å²) in [5, 5.41) is 7.10. The first-order chi connectivity index (χ1) is 10.6. The molecule has 0 fully saturated rings. The van der Waals surface area contributed by atoms with Crippen LogP contribution in [0.15, 0.2) is 42.5 Å². The zero-order valence-corrected chi connectivity index (χ0v) is 14.1. The largest absolute Gasteiger partial charge is 0.497 e. The van der Waals surface area contributed by atoms with Crippen molar-refractivity contribution in [3.8, 4) is 5.75 Å². The molecule has 0 aliphatic rings. The number of benzene rings is 2. The lowest BCUT2D eigenvalue weighted by Crippen LogP contribution is -2.30. The fourth-order valence-corrected chi connectivity index (χ4v) is 2.33. The normalized spacial score (nSPS) is 10.1. The minimum absolute atomic E-state index is 0.650. The van der Waals surface area contributed by atoms with Crippen LogP contribution < -0.4 is 15.4 Å². The topological polar surface area (TPSA) is 33.3 Å². The summed E-state index contributed by atoms with van der Waals surface area (Å²) >= 11 is 5.32. The van der Waals surface area contributed by atoms with Crippen LogP contribution in [0.25, 0.3) is 0 Å². The van der Waals surface area contributed by atoms with Gasteiger partial charge in [-0.05, 0) is 73.4 Å². The number of thiocarbonyl (C=S) groups is 1. The zero-order chi connectivity index (χ0) is 15.9. The minimum atomic E-state index is 0.650. The van der Waals surface area contributed by atoms with E-state index < -0.39 is 0 Å². The summed E-state index contributed by atoms with van der Waals surface area (Å²) in [6.07, 6.45) is 0.915. The molecule has 0 spiro atoms. The standard InChI is InChI=1S/C18H22N2OS/c1-13-4-7-16(12-14(13)2)20-18(22)19-11-10-15-5-8-17(21-3)9-6-15/h4-9,12H,10-11H2,1-3H3,(H2,19,20,22). The third-order valence-electron chi connectivity index (χ3n) is 3.62. The van der Waals surface area contributed by atoms with Gasteiger partial charge in [-0.1, -0.05) is 18.2 Å². The molecule has 0 saturated heterocycles. The summed E-state index contributed by atoms with van der Waals surface area (Å²) in [4.78, 5) is 0. The molecule has 2 rings (SSSR count). The second-order valence-electron chi connectivity index (χ2n) is 5.28. The minimum Gasteiger partial charge on any atom is -0.497 e. The fourth-order valence-electron chi connectivity index (χ4n) is 2.11. The van der Waals surface area contributed by atoms with Gasteiger partial charge in [-0.2, -0.15) is 0 Å². The Morgan fingerprint density at radius 3 is 2.41 bits per heavy atom. The van der Waals surface area contributed by atoms with E-state index in [9.17, 15) is 0 Å². The first-order valence-electron chi connectivity index (χ1n) is 7.33. The van der Waals surface area contributed by atoms with Crippen LogP contribution in [0.5, 0.6) is 5.75 Å². The van der Waals surface area contributed by atoms with Crippen LogP contribution in [0.2, 0.25) is 0 Å². The molecule has 0 unspecified atom stereocenters. The summed E-state index contributed by atoms with van der Waals surface area (Å²) in [6, 6.07) is 14.3. The maximum atomic E-state index is 5.32. The van der Waals surface area contributed by atoms with E-state index in [1.807, 2.05) is 18.2 Å². The smallest absolute Gasteiger partial charge is 0.170 e. The van der Waals surface area contributed by atoms with Crippen molar-refractivity contribution >= 4 is 23.0 Å². The van der Waals surface area contributed by atoms with E-state index in [2.05, 4.69) is 48.7 Å². The molecule has 0 aliphatic heterocycles. The van der Waals surface area contributed by atoms with Gasteiger partial charge in [0.15, 0.2) is 5.11 Å². The van der Waals surface area contributed by atoms with Crippen LogP contribution in [0, 0.1) is 13.8 Å². The number of hydrogen-bond donors (Lipinski definition) is 2. The highest BCUT2D eigenvalue weighted by Crippen LogP contribution is 2.14. The monoisotopic (exact) mass is 314 g/mol. The molecular formula is C18H22N2OS. The van der Waals surface area contributed by atoms with Crippen LogP contribution >= 0.6 is 12.2 Å². The van der Waals surface area contributed by atoms with Crippen molar-refractivity contribution in [1.82, 2.24) is 5.32 Å². The van der Waals surface area contributed by atoms with Crippen LogP contribution in [0.4, 0.5) is 5.69 Å². The lowest BCUT2D eigenvalue weighted by Gasteiger charge is -2.12. The van der Waals surface area contributed by atoms with Crippen LogP contribution in [-0.4, -0.2) is 18.8 Å². The molecule has 0 amide bonds. The Labute approximate surface area is 137 Å². The summed E-state index contributed by atoms with van der Waals surface area (Å²) in [7, 11) is 1.67. The van der Waals surface area contributed by atoms with Crippen molar-refractivity contribution in [2.24, 2.45) is 0 Å². The molecule has 2 N–H and O–H groups in total. The molecule has 4 heteroatoms. The van der Waals surface area contributed by atoms with Crippen molar-refractivity contribution in [2.75, 3.05) is 19.0 Å². The highest BCUT2D eigenvalue weighted by molar-refractivity contribution is 7.80. The van der Waals surface area contributed by atoms with Crippen molar-refractivity contribution in [3.63, 3.8) is 0 Å². The molecule has 0 heterocycles. The molecule has 0 saturated carbocycles. The van der Waals surface area contributed by atoms with E-state index in [0.29, 0.717) is 5.11 Å². The maximum Gasteiger partial charge on any atom is 0.170 e. The van der Waals surface area contributed by atoms with E-state index in [1.165, 1.54) is 16.7 Å². The van der Waals surface area contributed by atoms with Crippen LogP contribution in [0.1, 0.15) is 16.7 Å². The quantitative estimate of drug-likeness (QED) is 0.822. The van der Waals surface area contributed by atoms with Gasteiger partial charge in [0.1, 0.15) is 5.75 Å². The van der Waals surface area contributed by atoms with Crippen LogP contribution in [-0.2, 0) is 6.42 Å². The predicted molar refractivity (Wildman–Crippen MR) is 96.8 cm³/mol. The number of ether oxygens (including phenoxy) is 1. The maximum absolute atomic E-state index is 5.32. The van der Waals surface area contributed by atoms with Gasteiger partial charge in [-0.15, -0.1) is 0 Å². The van der Waals surface area contributed by atoms with Gasteiger partial charge in [-0.3, -0.25) is 0 Å². The third kappa shape index (κ3) is 4.74. The van der Waals surface area contributed by atoms with E-state index in [-0.39, 0.29) is 0 Å².